The first kappa shape index (κ1) is 15.0. The Balaban J connectivity index is 1.87. The Kier molecular flexibility index (Phi) is 4.43. The van der Waals surface area contributed by atoms with E-state index in [-0.39, 0.29) is 11.7 Å². The molecule has 1 amide bonds. The minimum absolute atomic E-state index is 0.0155. The van der Waals surface area contributed by atoms with Crippen molar-refractivity contribution in [3.05, 3.63) is 35.6 Å². The molecule has 20 heavy (non-hydrogen) atoms. The molecule has 1 aliphatic rings. The van der Waals surface area contributed by atoms with E-state index in [0.29, 0.717) is 5.92 Å². The Morgan fingerprint density at radius 1 is 1.40 bits per heavy atom. The van der Waals surface area contributed by atoms with Crippen LogP contribution in [0, 0.1) is 11.7 Å². The molecule has 110 valence electrons. The fourth-order valence-electron chi connectivity index (χ4n) is 2.74. The first-order chi connectivity index (χ1) is 9.36. The summed E-state index contributed by atoms with van der Waals surface area (Å²) in [6, 6.07) is 6.78. The number of hydrogen-bond acceptors (Lipinski definition) is 2. The van der Waals surface area contributed by atoms with Crippen LogP contribution in [0.15, 0.2) is 24.3 Å². The van der Waals surface area contributed by atoms with Crippen LogP contribution in [0.5, 0.6) is 0 Å². The lowest BCUT2D eigenvalue weighted by atomic mass is 9.89. The number of hydrogen-bond donors (Lipinski definition) is 1. The molecule has 1 saturated heterocycles. The molecule has 0 saturated carbocycles. The number of carbonyl (C=O) groups is 1. The lowest BCUT2D eigenvalue weighted by Crippen LogP contribution is -2.53. The molecule has 1 aromatic rings. The molecule has 0 aromatic heterocycles. The van der Waals surface area contributed by atoms with Crippen LogP contribution in [0.4, 0.5) is 4.39 Å². The van der Waals surface area contributed by atoms with E-state index in [1.54, 1.807) is 26.0 Å². The molecule has 1 fully saturated rings. The van der Waals surface area contributed by atoms with Gasteiger partial charge >= 0.3 is 0 Å². The van der Waals surface area contributed by atoms with Gasteiger partial charge in [0, 0.05) is 13.1 Å². The van der Waals surface area contributed by atoms with Crippen molar-refractivity contribution in [3.63, 3.8) is 0 Å². The Morgan fingerprint density at radius 2 is 2.05 bits per heavy atom. The minimum atomic E-state index is -0.796. The van der Waals surface area contributed by atoms with E-state index in [9.17, 15) is 9.18 Å². The van der Waals surface area contributed by atoms with Crippen LogP contribution in [0.2, 0.25) is 0 Å². The molecule has 0 bridgehead atoms. The van der Waals surface area contributed by atoms with Gasteiger partial charge in [-0.15, -0.1) is 0 Å². The van der Waals surface area contributed by atoms with Crippen molar-refractivity contribution in [3.8, 4) is 0 Å². The summed E-state index contributed by atoms with van der Waals surface area (Å²) in [5.41, 5.74) is 6.09. The number of benzene rings is 1. The van der Waals surface area contributed by atoms with E-state index >= 15 is 0 Å². The number of amides is 1. The molecule has 1 aliphatic heterocycles. The van der Waals surface area contributed by atoms with Gasteiger partial charge in [0.1, 0.15) is 5.82 Å². The average molecular weight is 278 g/mol. The minimum Gasteiger partial charge on any atom is -0.341 e. The van der Waals surface area contributed by atoms with E-state index in [2.05, 4.69) is 0 Å². The molecule has 2 rings (SSSR count). The molecule has 1 aromatic carbocycles. The topological polar surface area (TPSA) is 46.3 Å². The summed E-state index contributed by atoms with van der Waals surface area (Å²) in [5, 5.41) is 0. The van der Waals surface area contributed by atoms with Crippen LogP contribution in [0.1, 0.15) is 32.3 Å². The number of halogens is 1. The summed E-state index contributed by atoms with van der Waals surface area (Å²) in [4.78, 5) is 13.9. The summed E-state index contributed by atoms with van der Waals surface area (Å²) in [5.74, 6) is 0.350. The largest absolute Gasteiger partial charge is 0.341 e. The third-order valence-corrected chi connectivity index (χ3v) is 3.87. The molecule has 0 atom stereocenters. The highest BCUT2D eigenvalue weighted by atomic mass is 19.1. The molecule has 0 spiro atoms. The summed E-state index contributed by atoms with van der Waals surface area (Å²) < 4.78 is 13.2. The standard InChI is InChI=1S/C16H23FN2O/c1-16(2,18)15(20)19-8-6-12(7-9-19)10-13-4-3-5-14(17)11-13/h3-5,11-12H,6-10,18H2,1-2H3. The van der Waals surface area contributed by atoms with Gasteiger partial charge in [0.15, 0.2) is 0 Å². The second-order valence-electron chi connectivity index (χ2n) is 6.29. The number of rotatable bonds is 3. The quantitative estimate of drug-likeness (QED) is 0.922. The van der Waals surface area contributed by atoms with Crippen molar-refractivity contribution in [1.82, 2.24) is 4.90 Å². The molecule has 0 unspecified atom stereocenters. The predicted octanol–water partition coefficient (Wildman–Crippen LogP) is 2.34. The van der Waals surface area contributed by atoms with Gasteiger partial charge in [0.2, 0.25) is 5.91 Å². The maximum atomic E-state index is 13.2. The Morgan fingerprint density at radius 3 is 2.60 bits per heavy atom. The highest BCUT2D eigenvalue weighted by molar-refractivity contribution is 5.85. The average Bonchev–Trinajstić information content (AvgIpc) is 2.38. The molecular weight excluding hydrogens is 255 g/mol. The molecule has 0 aliphatic carbocycles. The fraction of sp³-hybridized carbons (Fsp3) is 0.562. The molecule has 2 N–H and O–H groups in total. The van der Waals surface area contributed by atoms with Crippen LogP contribution >= 0.6 is 0 Å². The number of carbonyl (C=O) groups excluding carboxylic acids is 1. The van der Waals surface area contributed by atoms with Gasteiger partial charge in [0.05, 0.1) is 5.54 Å². The smallest absolute Gasteiger partial charge is 0.242 e. The van der Waals surface area contributed by atoms with Gasteiger partial charge < -0.3 is 10.6 Å². The maximum Gasteiger partial charge on any atom is 0.242 e. The molecular formula is C16H23FN2O. The second kappa shape index (κ2) is 5.92. The molecule has 3 nitrogen and oxygen atoms in total. The van der Waals surface area contributed by atoms with Crippen LogP contribution in [-0.2, 0) is 11.2 Å². The highest BCUT2D eigenvalue weighted by Gasteiger charge is 2.30. The summed E-state index contributed by atoms with van der Waals surface area (Å²) in [6.07, 6.45) is 2.79. The van der Waals surface area contributed by atoms with Crippen molar-refractivity contribution in [2.45, 2.75) is 38.6 Å². The van der Waals surface area contributed by atoms with E-state index in [1.165, 1.54) is 6.07 Å². The van der Waals surface area contributed by atoms with E-state index in [0.717, 1.165) is 37.9 Å². The Bertz CT molecular complexity index is 474. The van der Waals surface area contributed by atoms with E-state index < -0.39 is 5.54 Å². The lowest BCUT2D eigenvalue weighted by molar-refractivity contribution is -0.137. The van der Waals surface area contributed by atoms with Crippen molar-refractivity contribution >= 4 is 5.91 Å². The third-order valence-electron chi connectivity index (χ3n) is 3.87. The summed E-state index contributed by atoms with van der Waals surface area (Å²) >= 11 is 0. The van der Waals surface area contributed by atoms with Crippen LogP contribution in [0.25, 0.3) is 0 Å². The number of nitrogens with two attached hydrogens (primary N) is 1. The molecule has 4 heteroatoms. The monoisotopic (exact) mass is 278 g/mol. The second-order valence-corrected chi connectivity index (χ2v) is 6.29. The van der Waals surface area contributed by atoms with Gasteiger partial charge in [-0.3, -0.25) is 4.79 Å². The van der Waals surface area contributed by atoms with Crippen molar-refractivity contribution < 1.29 is 9.18 Å². The first-order valence-corrected chi connectivity index (χ1v) is 7.19. The van der Waals surface area contributed by atoms with Gasteiger partial charge in [-0.2, -0.15) is 0 Å². The van der Waals surface area contributed by atoms with Crippen LogP contribution in [-0.4, -0.2) is 29.4 Å². The summed E-state index contributed by atoms with van der Waals surface area (Å²) in [7, 11) is 0. The van der Waals surface area contributed by atoms with E-state index in [4.69, 9.17) is 5.73 Å². The number of piperidine rings is 1. The highest BCUT2D eigenvalue weighted by Crippen LogP contribution is 2.23. The molecule has 1 heterocycles. The normalized spacial score (nSPS) is 17.3. The zero-order valence-electron chi connectivity index (χ0n) is 12.2. The first-order valence-electron chi connectivity index (χ1n) is 7.19. The van der Waals surface area contributed by atoms with Gasteiger partial charge in [-0.1, -0.05) is 12.1 Å². The van der Waals surface area contributed by atoms with Crippen LogP contribution in [0.3, 0.4) is 0 Å². The van der Waals surface area contributed by atoms with Crippen molar-refractivity contribution in [2.75, 3.05) is 13.1 Å². The maximum absolute atomic E-state index is 13.2. The SMILES string of the molecule is CC(C)(N)C(=O)N1CCC(Cc2cccc(F)c2)CC1. The third kappa shape index (κ3) is 3.79. The lowest BCUT2D eigenvalue weighted by Gasteiger charge is -2.35. The van der Waals surface area contributed by atoms with Gasteiger partial charge in [0.25, 0.3) is 0 Å². The number of likely N-dealkylation sites (tertiary alicyclic amines) is 1. The Hall–Kier alpha value is -1.42. The van der Waals surface area contributed by atoms with Crippen LogP contribution < -0.4 is 5.73 Å². The summed E-state index contributed by atoms with van der Waals surface area (Å²) in [6.45, 7) is 4.99. The fourth-order valence-corrected chi connectivity index (χ4v) is 2.74. The van der Waals surface area contributed by atoms with Gasteiger partial charge in [-0.05, 0) is 56.7 Å². The number of nitrogens with zero attached hydrogens (tertiary/aromatic N) is 1. The Labute approximate surface area is 120 Å². The zero-order chi connectivity index (χ0) is 14.8. The zero-order valence-corrected chi connectivity index (χ0v) is 12.2. The molecule has 0 radical (unpaired) electrons. The predicted molar refractivity (Wildman–Crippen MR) is 77.7 cm³/mol. The van der Waals surface area contributed by atoms with Gasteiger partial charge in [-0.25, -0.2) is 4.39 Å². The van der Waals surface area contributed by atoms with Crippen molar-refractivity contribution in [2.24, 2.45) is 11.7 Å². The van der Waals surface area contributed by atoms with E-state index in [1.807, 2.05) is 11.0 Å². The van der Waals surface area contributed by atoms with Crippen molar-refractivity contribution in [1.29, 1.82) is 0 Å².